The summed E-state index contributed by atoms with van der Waals surface area (Å²) in [5.74, 6) is 0.844. The molecule has 0 atom stereocenters. The molecule has 1 aliphatic rings. The molecule has 6 aromatic rings. The summed E-state index contributed by atoms with van der Waals surface area (Å²) in [4.78, 5) is 34.4. The Labute approximate surface area is 266 Å². The number of benzene rings is 3. The topological polar surface area (TPSA) is 120 Å². The maximum atomic E-state index is 13.2. The fourth-order valence-corrected chi connectivity index (χ4v) is 5.81. The summed E-state index contributed by atoms with van der Waals surface area (Å²) in [7, 11) is 1.57. The first-order valence-electron chi connectivity index (χ1n) is 15.1. The molecular weight excluding hydrogens is 578 g/mol. The number of hydrogen-bond acceptors (Lipinski definition) is 8. The van der Waals surface area contributed by atoms with E-state index < -0.39 is 0 Å². The highest BCUT2D eigenvalue weighted by Crippen LogP contribution is 2.36. The number of fused-ring (bicyclic) bond motifs is 1. The van der Waals surface area contributed by atoms with Crippen LogP contribution in [-0.4, -0.2) is 69.1 Å². The molecule has 3 aromatic carbocycles. The van der Waals surface area contributed by atoms with Crippen LogP contribution in [0.25, 0.3) is 33.5 Å². The Bertz CT molecular complexity index is 1990. The Hall–Kier alpha value is -5.74. The minimum absolute atomic E-state index is 0.0823. The zero-order valence-electron chi connectivity index (χ0n) is 25.4. The van der Waals surface area contributed by atoms with Crippen molar-refractivity contribution in [3.05, 3.63) is 115 Å². The quantitative estimate of drug-likeness (QED) is 0.193. The molecule has 1 aliphatic heterocycles. The normalized spacial score (nSPS) is 13.5. The van der Waals surface area contributed by atoms with Gasteiger partial charge < -0.3 is 25.0 Å². The van der Waals surface area contributed by atoms with Gasteiger partial charge in [-0.25, -0.2) is 9.97 Å². The Morgan fingerprint density at radius 3 is 2.50 bits per heavy atom. The molecule has 10 heteroatoms. The Morgan fingerprint density at radius 1 is 0.913 bits per heavy atom. The Kier molecular flexibility index (Phi) is 8.01. The van der Waals surface area contributed by atoms with Gasteiger partial charge >= 0.3 is 0 Å². The van der Waals surface area contributed by atoms with Crippen LogP contribution in [0.4, 0.5) is 11.4 Å². The molecular formula is C36H33N7O3. The van der Waals surface area contributed by atoms with Crippen LogP contribution in [0.15, 0.2) is 104 Å². The molecule has 0 saturated carbocycles. The van der Waals surface area contributed by atoms with Crippen molar-refractivity contribution in [3.63, 3.8) is 0 Å². The molecule has 1 amide bonds. The van der Waals surface area contributed by atoms with Gasteiger partial charge in [0.25, 0.3) is 5.91 Å². The standard InChI is InChI=1S/C36H33N7O3/c1-46-36-29(3-2-14-38-36)25-5-11-33(44)30(21-25)34-40-31-10-4-26(22-32(31)41-34)35(45)39-27-6-8-28(9-7-27)43-19-17-42(18-20-43)23-24-12-15-37-16-13-24/h2-16,21-22,44H,17-20,23H2,1H3,(H,39,45)(H,40,41). The summed E-state index contributed by atoms with van der Waals surface area (Å²) < 4.78 is 5.42. The van der Waals surface area contributed by atoms with Gasteiger partial charge in [0.05, 0.1) is 23.7 Å². The monoisotopic (exact) mass is 611 g/mol. The highest BCUT2D eigenvalue weighted by Gasteiger charge is 2.18. The number of ether oxygens (including phenoxy) is 1. The van der Waals surface area contributed by atoms with Gasteiger partial charge in [0.2, 0.25) is 5.88 Å². The van der Waals surface area contributed by atoms with E-state index in [4.69, 9.17) is 4.74 Å². The number of aromatic hydroxyl groups is 1. The van der Waals surface area contributed by atoms with Gasteiger partial charge in [-0.2, -0.15) is 0 Å². The predicted molar refractivity (Wildman–Crippen MR) is 179 cm³/mol. The van der Waals surface area contributed by atoms with Gasteiger partial charge in [-0.3, -0.25) is 14.7 Å². The first-order valence-corrected chi connectivity index (χ1v) is 15.1. The fraction of sp³-hybridized carbons (Fsp3) is 0.167. The molecule has 46 heavy (non-hydrogen) atoms. The smallest absolute Gasteiger partial charge is 0.255 e. The number of aromatic nitrogens is 4. The van der Waals surface area contributed by atoms with Crippen LogP contribution in [0, 0.1) is 0 Å². The minimum atomic E-state index is -0.218. The SMILES string of the molecule is COc1ncccc1-c1ccc(O)c(-c2nc3ccc(C(=O)Nc4ccc(N5CCN(Cc6ccncc6)CC5)cc4)cc3[nH]2)c1. The van der Waals surface area contributed by atoms with Crippen molar-refractivity contribution in [2.45, 2.75) is 6.54 Å². The number of phenols is 1. The van der Waals surface area contributed by atoms with Crippen molar-refractivity contribution in [1.82, 2.24) is 24.8 Å². The van der Waals surface area contributed by atoms with E-state index in [2.05, 4.69) is 59.3 Å². The number of carbonyl (C=O) groups is 1. The summed E-state index contributed by atoms with van der Waals surface area (Å²) >= 11 is 0. The van der Waals surface area contributed by atoms with Crippen LogP contribution in [0.3, 0.4) is 0 Å². The lowest BCUT2D eigenvalue weighted by molar-refractivity contribution is 0.102. The van der Waals surface area contributed by atoms with E-state index in [0.717, 1.165) is 55.2 Å². The van der Waals surface area contributed by atoms with E-state index in [1.54, 1.807) is 43.6 Å². The number of aromatic amines is 1. The van der Waals surface area contributed by atoms with Crippen molar-refractivity contribution in [1.29, 1.82) is 0 Å². The highest BCUT2D eigenvalue weighted by molar-refractivity contribution is 6.06. The molecule has 10 nitrogen and oxygen atoms in total. The molecule has 230 valence electrons. The van der Waals surface area contributed by atoms with Crippen LogP contribution in [0.2, 0.25) is 0 Å². The lowest BCUT2D eigenvalue weighted by Gasteiger charge is -2.36. The number of carbonyl (C=O) groups excluding carboxylic acids is 1. The average molecular weight is 612 g/mol. The number of rotatable bonds is 8. The number of methoxy groups -OCH3 is 1. The van der Waals surface area contributed by atoms with E-state index in [1.165, 1.54) is 5.56 Å². The number of nitrogens with one attached hydrogen (secondary N) is 2. The molecule has 0 bridgehead atoms. The van der Waals surface area contributed by atoms with E-state index in [1.807, 2.05) is 42.7 Å². The predicted octanol–water partition coefficient (Wildman–Crippen LogP) is 5.98. The van der Waals surface area contributed by atoms with E-state index in [9.17, 15) is 9.90 Å². The number of imidazole rings is 1. The Balaban J connectivity index is 1.02. The number of amides is 1. The Morgan fingerprint density at radius 2 is 1.72 bits per heavy atom. The van der Waals surface area contributed by atoms with Crippen LogP contribution in [-0.2, 0) is 6.54 Å². The molecule has 0 unspecified atom stereocenters. The van der Waals surface area contributed by atoms with Gasteiger partial charge in [-0.05, 0) is 90.0 Å². The van der Waals surface area contributed by atoms with Gasteiger partial charge in [-0.15, -0.1) is 0 Å². The van der Waals surface area contributed by atoms with Crippen molar-refractivity contribution in [3.8, 4) is 34.1 Å². The molecule has 1 fully saturated rings. The number of phenolic OH excluding ortho intramolecular Hbond substituents is 1. The minimum Gasteiger partial charge on any atom is -0.507 e. The number of anilines is 2. The number of nitrogens with zero attached hydrogens (tertiary/aromatic N) is 5. The van der Waals surface area contributed by atoms with Crippen molar-refractivity contribution < 1.29 is 14.6 Å². The summed E-state index contributed by atoms with van der Waals surface area (Å²) in [5.41, 5.74) is 7.16. The number of piperazine rings is 1. The zero-order chi connectivity index (χ0) is 31.5. The second-order valence-corrected chi connectivity index (χ2v) is 11.2. The number of H-pyrrole nitrogens is 1. The molecule has 0 spiro atoms. The van der Waals surface area contributed by atoms with Crippen molar-refractivity contribution in [2.75, 3.05) is 43.5 Å². The van der Waals surface area contributed by atoms with E-state index in [0.29, 0.717) is 33.9 Å². The fourth-order valence-electron chi connectivity index (χ4n) is 5.81. The largest absolute Gasteiger partial charge is 0.507 e. The molecule has 1 saturated heterocycles. The third-order valence-electron chi connectivity index (χ3n) is 8.29. The van der Waals surface area contributed by atoms with Crippen LogP contribution in [0.5, 0.6) is 11.6 Å². The van der Waals surface area contributed by atoms with Crippen molar-refractivity contribution in [2.24, 2.45) is 0 Å². The second-order valence-electron chi connectivity index (χ2n) is 11.2. The van der Waals surface area contributed by atoms with Crippen LogP contribution in [0.1, 0.15) is 15.9 Å². The molecule has 0 aliphatic carbocycles. The first kappa shape index (κ1) is 29.0. The van der Waals surface area contributed by atoms with Crippen molar-refractivity contribution >= 4 is 28.3 Å². The average Bonchev–Trinajstić information content (AvgIpc) is 3.53. The van der Waals surface area contributed by atoms with E-state index in [-0.39, 0.29) is 11.7 Å². The van der Waals surface area contributed by atoms with Gasteiger partial charge in [0.15, 0.2) is 0 Å². The summed E-state index contributed by atoms with van der Waals surface area (Å²) in [5, 5.41) is 13.7. The van der Waals surface area contributed by atoms with E-state index >= 15 is 0 Å². The maximum Gasteiger partial charge on any atom is 0.255 e. The summed E-state index contributed by atoms with van der Waals surface area (Å²) in [6, 6.07) is 26.5. The number of pyridine rings is 2. The second kappa shape index (κ2) is 12.7. The maximum absolute atomic E-state index is 13.2. The molecule has 4 heterocycles. The third kappa shape index (κ3) is 6.11. The van der Waals surface area contributed by atoms with Crippen LogP contribution < -0.4 is 15.0 Å². The summed E-state index contributed by atoms with van der Waals surface area (Å²) in [6.45, 7) is 4.81. The molecule has 3 aromatic heterocycles. The number of hydrogen-bond donors (Lipinski definition) is 3. The lowest BCUT2D eigenvalue weighted by atomic mass is 10.0. The van der Waals surface area contributed by atoms with Crippen LogP contribution >= 0.6 is 0 Å². The summed E-state index contributed by atoms with van der Waals surface area (Å²) in [6.07, 6.45) is 5.35. The molecule has 7 rings (SSSR count). The molecule has 0 radical (unpaired) electrons. The molecule has 3 N–H and O–H groups in total. The first-order chi connectivity index (χ1) is 22.5. The lowest BCUT2D eigenvalue weighted by Crippen LogP contribution is -2.45. The van der Waals surface area contributed by atoms with Gasteiger partial charge in [0.1, 0.15) is 11.6 Å². The van der Waals surface area contributed by atoms with Gasteiger partial charge in [0, 0.05) is 73.8 Å². The highest BCUT2D eigenvalue weighted by atomic mass is 16.5. The zero-order valence-corrected chi connectivity index (χ0v) is 25.4. The third-order valence-corrected chi connectivity index (χ3v) is 8.29. The van der Waals surface area contributed by atoms with Gasteiger partial charge in [-0.1, -0.05) is 6.07 Å².